The second-order valence-corrected chi connectivity index (χ2v) is 7.65. The Hall–Kier alpha value is -4.01. The summed E-state index contributed by atoms with van der Waals surface area (Å²) in [4.78, 5) is 55.5. The fraction of sp³-hybridized carbons (Fsp3) is 0.217. The number of aromatic carboxylic acids is 1. The van der Waals surface area contributed by atoms with E-state index in [4.69, 9.17) is 0 Å². The Morgan fingerprint density at radius 1 is 1.03 bits per heavy atom. The van der Waals surface area contributed by atoms with Crippen LogP contribution in [0.3, 0.4) is 0 Å². The van der Waals surface area contributed by atoms with Crippen molar-refractivity contribution in [2.45, 2.75) is 13.0 Å². The lowest BCUT2D eigenvalue weighted by atomic mass is 10.0. The molecule has 0 aliphatic carbocycles. The second-order valence-electron chi connectivity index (χ2n) is 7.65. The quantitative estimate of drug-likeness (QED) is 0.481. The van der Waals surface area contributed by atoms with Crippen molar-refractivity contribution in [1.29, 1.82) is 0 Å². The molecule has 0 saturated carbocycles. The van der Waals surface area contributed by atoms with Crippen LogP contribution in [-0.2, 0) is 4.79 Å². The van der Waals surface area contributed by atoms with Gasteiger partial charge in [-0.1, -0.05) is 18.2 Å². The van der Waals surface area contributed by atoms with Gasteiger partial charge < -0.3 is 19.9 Å². The number of hydrogen-bond donors (Lipinski definition) is 2. The molecule has 1 aliphatic rings. The molecule has 1 aliphatic heterocycles. The first-order valence-corrected chi connectivity index (χ1v) is 10.0. The van der Waals surface area contributed by atoms with Crippen molar-refractivity contribution in [3.05, 3.63) is 71.2 Å². The van der Waals surface area contributed by atoms with Crippen LogP contribution in [0.5, 0.6) is 0 Å². The number of carboxylic acids is 1. The van der Waals surface area contributed by atoms with Crippen LogP contribution in [0.1, 0.15) is 38.0 Å². The lowest BCUT2D eigenvalue weighted by Gasteiger charge is -2.39. The first-order valence-electron chi connectivity index (χ1n) is 10.0. The Labute approximate surface area is 182 Å². The summed E-state index contributed by atoms with van der Waals surface area (Å²) in [7, 11) is 0. The molecule has 164 valence electrons. The molecular weight excluding hydrogens is 417 g/mol. The van der Waals surface area contributed by atoms with E-state index in [0.29, 0.717) is 5.56 Å². The molecule has 0 radical (unpaired) electrons. The molecule has 3 aromatic rings. The van der Waals surface area contributed by atoms with Crippen molar-refractivity contribution in [3.63, 3.8) is 0 Å². The first kappa shape index (κ1) is 21.2. The maximum Gasteiger partial charge on any atom is 0.337 e. The minimum absolute atomic E-state index is 0.0556. The van der Waals surface area contributed by atoms with Gasteiger partial charge in [-0.3, -0.25) is 14.4 Å². The maximum absolute atomic E-state index is 14.4. The van der Waals surface area contributed by atoms with E-state index in [2.05, 4.69) is 4.98 Å². The van der Waals surface area contributed by atoms with Crippen LogP contribution < -0.4 is 0 Å². The monoisotopic (exact) mass is 437 g/mol. The van der Waals surface area contributed by atoms with Crippen LogP contribution in [0.2, 0.25) is 0 Å². The summed E-state index contributed by atoms with van der Waals surface area (Å²) in [6.45, 7) is 2.38. The Kier molecular flexibility index (Phi) is 5.48. The summed E-state index contributed by atoms with van der Waals surface area (Å²) < 4.78 is 14.4. The van der Waals surface area contributed by atoms with E-state index in [1.54, 1.807) is 36.1 Å². The van der Waals surface area contributed by atoms with E-state index in [0.717, 1.165) is 18.3 Å². The molecule has 1 fully saturated rings. The Balaban J connectivity index is 1.54. The largest absolute Gasteiger partial charge is 0.478 e. The topological polar surface area (TPSA) is 111 Å². The third-order valence-electron chi connectivity index (χ3n) is 5.65. The number of amides is 2. The zero-order valence-electron chi connectivity index (χ0n) is 17.2. The van der Waals surface area contributed by atoms with Crippen LogP contribution in [0.15, 0.2) is 48.7 Å². The number of H-pyrrole nitrogens is 1. The number of ketones is 1. The van der Waals surface area contributed by atoms with E-state index >= 15 is 0 Å². The average Bonchev–Trinajstić information content (AvgIpc) is 3.24. The molecule has 9 heteroatoms. The maximum atomic E-state index is 14.4. The second kappa shape index (κ2) is 8.26. The number of carboxylic acid groups (broad SMARTS) is 1. The molecule has 1 atom stereocenters. The number of carbonyl (C=O) groups is 4. The van der Waals surface area contributed by atoms with Gasteiger partial charge in [0.25, 0.3) is 17.6 Å². The molecular formula is C23H20FN3O5. The minimum atomic E-state index is -1.28. The van der Waals surface area contributed by atoms with Crippen LogP contribution in [-0.4, -0.2) is 69.1 Å². The van der Waals surface area contributed by atoms with Gasteiger partial charge in [-0.25, -0.2) is 9.18 Å². The zero-order valence-corrected chi connectivity index (χ0v) is 17.2. The third-order valence-corrected chi connectivity index (χ3v) is 5.65. The summed E-state index contributed by atoms with van der Waals surface area (Å²) in [5.74, 6) is -4.00. The molecule has 0 spiro atoms. The molecule has 8 nitrogen and oxygen atoms in total. The zero-order chi connectivity index (χ0) is 23.0. The van der Waals surface area contributed by atoms with Gasteiger partial charge >= 0.3 is 5.97 Å². The molecule has 4 rings (SSSR count). The van der Waals surface area contributed by atoms with Crippen molar-refractivity contribution < 1.29 is 28.7 Å². The predicted octanol–water partition coefficient (Wildman–Crippen LogP) is 2.56. The summed E-state index contributed by atoms with van der Waals surface area (Å²) in [6.07, 6.45) is 1.15. The summed E-state index contributed by atoms with van der Waals surface area (Å²) in [6, 6.07) is 10.4. The van der Waals surface area contributed by atoms with Crippen LogP contribution in [0, 0.1) is 5.82 Å². The van der Waals surface area contributed by atoms with Gasteiger partial charge in [-0.05, 0) is 31.2 Å². The molecule has 2 N–H and O–H groups in total. The third kappa shape index (κ3) is 3.62. The van der Waals surface area contributed by atoms with E-state index < -0.39 is 29.5 Å². The van der Waals surface area contributed by atoms with Gasteiger partial charge in [0.15, 0.2) is 0 Å². The number of halogens is 1. The number of aromatic amines is 1. The SMILES string of the molecule is CC1CN(C(=O)c2ccccc2)CCN1C(=O)C(=O)c1c[nH]c2c(C(=O)O)ccc(F)c12. The highest BCUT2D eigenvalue weighted by atomic mass is 19.1. The molecule has 1 saturated heterocycles. The van der Waals surface area contributed by atoms with E-state index in [9.17, 15) is 28.7 Å². The van der Waals surface area contributed by atoms with Crippen molar-refractivity contribution in [2.24, 2.45) is 0 Å². The number of benzene rings is 2. The summed E-state index contributed by atoms with van der Waals surface area (Å²) in [5, 5.41) is 9.06. The lowest BCUT2D eigenvalue weighted by molar-refractivity contribution is -0.130. The number of piperazine rings is 1. The van der Waals surface area contributed by atoms with Crippen LogP contribution in [0.4, 0.5) is 4.39 Å². The minimum Gasteiger partial charge on any atom is -0.478 e. The number of carbonyl (C=O) groups excluding carboxylic acids is 3. The summed E-state index contributed by atoms with van der Waals surface area (Å²) >= 11 is 0. The highest BCUT2D eigenvalue weighted by Crippen LogP contribution is 2.26. The normalized spacial score (nSPS) is 16.2. The number of nitrogens with zero attached hydrogens (tertiary/aromatic N) is 2. The van der Waals surface area contributed by atoms with Gasteiger partial charge in [0.2, 0.25) is 0 Å². The van der Waals surface area contributed by atoms with Gasteiger partial charge in [-0.15, -0.1) is 0 Å². The molecule has 1 aromatic heterocycles. The first-order chi connectivity index (χ1) is 15.3. The van der Waals surface area contributed by atoms with Crippen LogP contribution >= 0.6 is 0 Å². The van der Waals surface area contributed by atoms with Crippen molar-refractivity contribution >= 4 is 34.5 Å². The smallest absolute Gasteiger partial charge is 0.337 e. The van der Waals surface area contributed by atoms with Crippen molar-refractivity contribution in [1.82, 2.24) is 14.8 Å². The predicted molar refractivity (Wildman–Crippen MR) is 113 cm³/mol. The molecule has 32 heavy (non-hydrogen) atoms. The van der Waals surface area contributed by atoms with E-state index in [1.165, 1.54) is 4.90 Å². The summed E-state index contributed by atoms with van der Waals surface area (Å²) in [5.41, 5.74) is 0.0638. The number of nitrogens with one attached hydrogen (secondary N) is 1. The number of fused-ring (bicyclic) bond motifs is 1. The number of rotatable bonds is 4. The van der Waals surface area contributed by atoms with Gasteiger partial charge in [0, 0.05) is 42.8 Å². The van der Waals surface area contributed by atoms with Gasteiger partial charge in [0.1, 0.15) is 5.82 Å². The number of aromatic nitrogens is 1. The fourth-order valence-electron chi connectivity index (χ4n) is 4.02. The highest BCUT2D eigenvalue weighted by molar-refractivity contribution is 6.45. The molecule has 2 amide bonds. The Bertz CT molecular complexity index is 1240. The van der Waals surface area contributed by atoms with Crippen molar-refractivity contribution in [3.8, 4) is 0 Å². The Morgan fingerprint density at radius 2 is 1.75 bits per heavy atom. The standard InChI is InChI=1S/C23H20FN3O5/c1-13-12-26(21(29)14-5-3-2-4-6-14)9-10-27(13)22(30)20(28)16-11-25-19-15(23(31)32)7-8-17(24)18(16)19/h2-8,11,13,25H,9-10,12H2,1H3,(H,31,32). The number of Topliss-reactive ketones (excluding diaryl/α,β-unsaturated/α-hetero) is 1. The lowest BCUT2D eigenvalue weighted by Crippen LogP contribution is -2.56. The van der Waals surface area contributed by atoms with E-state index in [-0.39, 0.29) is 47.6 Å². The average molecular weight is 437 g/mol. The highest BCUT2D eigenvalue weighted by Gasteiger charge is 2.34. The van der Waals surface area contributed by atoms with E-state index in [1.807, 2.05) is 6.07 Å². The molecule has 0 bridgehead atoms. The number of hydrogen-bond acceptors (Lipinski definition) is 4. The van der Waals surface area contributed by atoms with Crippen LogP contribution in [0.25, 0.3) is 10.9 Å². The molecule has 2 aromatic carbocycles. The molecule has 2 heterocycles. The van der Waals surface area contributed by atoms with Crippen molar-refractivity contribution in [2.75, 3.05) is 19.6 Å². The van der Waals surface area contributed by atoms with Gasteiger partial charge in [-0.2, -0.15) is 0 Å². The molecule has 1 unspecified atom stereocenters. The fourth-order valence-corrected chi connectivity index (χ4v) is 4.02. The van der Waals surface area contributed by atoms with Gasteiger partial charge in [0.05, 0.1) is 16.6 Å². The Morgan fingerprint density at radius 3 is 2.41 bits per heavy atom.